The number of hydrogen-bond donors (Lipinski definition) is 2. The van der Waals surface area contributed by atoms with Crippen molar-refractivity contribution < 1.29 is 19.0 Å². The average Bonchev–Trinajstić information content (AvgIpc) is 2.61. The van der Waals surface area contributed by atoms with Gasteiger partial charge in [0.1, 0.15) is 23.9 Å². The highest BCUT2D eigenvalue weighted by atomic mass is 35.5. The Morgan fingerprint density at radius 1 is 1.20 bits per heavy atom. The van der Waals surface area contributed by atoms with Gasteiger partial charge in [-0.25, -0.2) is 4.79 Å². The first kappa shape index (κ1) is 17.2. The van der Waals surface area contributed by atoms with Gasteiger partial charge in [-0.15, -0.1) is 0 Å². The number of ether oxygens (including phenoxy) is 3. The number of benzene rings is 2. The Balaban J connectivity index is 1.61. The molecule has 3 rings (SSSR count). The monoisotopic (exact) mass is 362 g/mol. The van der Waals surface area contributed by atoms with Crippen molar-refractivity contribution in [3.8, 4) is 17.2 Å². The zero-order valence-electron chi connectivity index (χ0n) is 14.0. The first-order chi connectivity index (χ1) is 12.1. The van der Waals surface area contributed by atoms with Gasteiger partial charge in [0, 0.05) is 5.69 Å². The molecule has 0 aromatic heterocycles. The Kier molecular flexibility index (Phi) is 5.19. The number of amides is 2. The molecule has 0 bridgehead atoms. The van der Waals surface area contributed by atoms with Gasteiger partial charge in [-0.05, 0) is 48.4 Å². The van der Waals surface area contributed by atoms with E-state index in [1.165, 1.54) is 7.11 Å². The maximum Gasteiger partial charge on any atom is 0.319 e. The van der Waals surface area contributed by atoms with E-state index in [9.17, 15) is 4.79 Å². The van der Waals surface area contributed by atoms with Crippen molar-refractivity contribution >= 4 is 23.3 Å². The fourth-order valence-electron chi connectivity index (χ4n) is 2.69. The lowest BCUT2D eigenvalue weighted by Crippen LogP contribution is -2.44. The fraction of sp³-hybridized carbons (Fsp3) is 0.278. The van der Waals surface area contributed by atoms with Crippen LogP contribution >= 0.6 is 11.6 Å². The van der Waals surface area contributed by atoms with Crippen LogP contribution in [-0.4, -0.2) is 32.9 Å². The zero-order chi connectivity index (χ0) is 17.8. The molecule has 1 aliphatic heterocycles. The number of nitrogens with one attached hydrogen (secondary N) is 2. The molecule has 2 amide bonds. The molecule has 1 unspecified atom stereocenters. The van der Waals surface area contributed by atoms with Crippen LogP contribution in [0.15, 0.2) is 36.4 Å². The molecule has 0 aliphatic carbocycles. The maximum atomic E-state index is 12.2. The minimum atomic E-state index is -0.318. The lowest BCUT2D eigenvalue weighted by Gasteiger charge is -2.26. The summed E-state index contributed by atoms with van der Waals surface area (Å²) in [6.45, 7) is 0.413. The number of hydrogen-bond acceptors (Lipinski definition) is 4. The fourth-order valence-corrected chi connectivity index (χ4v) is 2.94. The number of methoxy groups -OCH3 is 2. The molecular weight excluding hydrogens is 344 g/mol. The molecule has 1 heterocycles. The van der Waals surface area contributed by atoms with Crippen LogP contribution < -0.4 is 24.8 Å². The van der Waals surface area contributed by atoms with Gasteiger partial charge < -0.3 is 24.8 Å². The van der Waals surface area contributed by atoms with Crippen molar-refractivity contribution in [2.45, 2.75) is 12.5 Å². The first-order valence-corrected chi connectivity index (χ1v) is 8.17. The summed E-state index contributed by atoms with van der Waals surface area (Å²) < 4.78 is 16.0. The predicted molar refractivity (Wildman–Crippen MR) is 96.1 cm³/mol. The SMILES string of the molecule is COc1ccc2c(c1)CC(NC(=O)Nc1ccc(OC)c(Cl)c1)CO2. The van der Waals surface area contributed by atoms with Crippen LogP contribution in [-0.2, 0) is 6.42 Å². The van der Waals surface area contributed by atoms with E-state index in [0.29, 0.717) is 29.5 Å². The summed E-state index contributed by atoms with van der Waals surface area (Å²) in [6.07, 6.45) is 0.670. The number of fused-ring (bicyclic) bond motifs is 1. The molecule has 0 spiro atoms. The molecule has 2 aromatic carbocycles. The lowest BCUT2D eigenvalue weighted by atomic mass is 10.0. The first-order valence-electron chi connectivity index (χ1n) is 7.80. The minimum absolute atomic E-state index is 0.131. The molecule has 1 aliphatic rings. The van der Waals surface area contributed by atoms with Gasteiger partial charge in [0.15, 0.2) is 0 Å². The molecule has 6 nitrogen and oxygen atoms in total. The lowest BCUT2D eigenvalue weighted by molar-refractivity contribution is 0.222. The third kappa shape index (κ3) is 4.09. The number of rotatable bonds is 4. The highest BCUT2D eigenvalue weighted by Crippen LogP contribution is 2.29. The standard InChI is InChI=1S/C18H19ClN2O4/c1-23-14-4-6-16-11(8-14)7-13(10-25-16)21-18(22)20-12-3-5-17(24-2)15(19)9-12/h3-6,8-9,13H,7,10H2,1-2H3,(H2,20,21,22). The van der Waals surface area contributed by atoms with Crippen LogP contribution in [0.25, 0.3) is 0 Å². The minimum Gasteiger partial charge on any atom is -0.497 e. The maximum absolute atomic E-state index is 12.2. The van der Waals surface area contributed by atoms with Crippen LogP contribution in [0.1, 0.15) is 5.56 Å². The van der Waals surface area contributed by atoms with Crippen LogP contribution in [0.3, 0.4) is 0 Å². The van der Waals surface area contributed by atoms with E-state index >= 15 is 0 Å². The summed E-state index contributed by atoms with van der Waals surface area (Å²) >= 11 is 6.06. The topological polar surface area (TPSA) is 68.8 Å². The Hall–Kier alpha value is -2.60. The van der Waals surface area contributed by atoms with Gasteiger partial charge in [-0.2, -0.15) is 0 Å². The second kappa shape index (κ2) is 7.53. The Morgan fingerprint density at radius 2 is 2.04 bits per heavy atom. The number of anilines is 1. The Bertz CT molecular complexity index is 782. The number of urea groups is 1. The van der Waals surface area contributed by atoms with E-state index in [-0.39, 0.29) is 12.1 Å². The molecule has 2 N–H and O–H groups in total. The summed E-state index contributed by atoms with van der Waals surface area (Å²) in [5.74, 6) is 2.14. The van der Waals surface area contributed by atoms with Gasteiger partial charge in [-0.1, -0.05) is 11.6 Å². The predicted octanol–water partition coefficient (Wildman–Crippen LogP) is 3.48. The number of carbonyl (C=O) groups excluding carboxylic acids is 1. The smallest absolute Gasteiger partial charge is 0.319 e. The molecule has 0 radical (unpaired) electrons. The van der Waals surface area contributed by atoms with Gasteiger partial charge in [0.05, 0.1) is 25.3 Å². The third-order valence-corrected chi connectivity index (χ3v) is 4.21. The average molecular weight is 363 g/mol. The van der Waals surface area contributed by atoms with E-state index in [1.54, 1.807) is 25.3 Å². The van der Waals surface area contributed by atoms with Crippen molar-refractivity contribution in [2.24, 2.45) is 0 Å². The van der Waals surface area contributed by atoms with Crippen LogP contribution in [0.2, 0.25) is 5.02 Å². The van der Waals surface area contributed by atoms with Crippen molar-refractivity contribution in [2.75, 3.05) is 26.1 Å². The molecule has 7 heteroatoms. The van der Waals surface area contributed by atoms with E-state index in [0.717, 1.165) is 17.1 Å². The van der Waals surface area contributed by atoms with Crippen molar-refractivity contribution in [3.05, 3.63) is 47.0 Å². The highest BCUT2D eigenvalue weighted by Gasteiger charge is 2.22. The molecule has 132 valence electrons. The summed E-state index contributed by atoms with van der Waals surface area (Å²) in [7, 11) is 3.16. The summed E-state index contributed by atoms with van der Waals surface area (Å²) in [6, 6.07) is 10.3. The molecule has 0 saturated carbocycles. The Morgan fingerprint density at radius 3 is 2.76 bits per heavy atom. The van der Waals surface area contributed by atoms with Gasteiger partial charge in [0.25, 0.3) is 0 Å². The largest absolute Gasteiger partial charge is 0.497 e. The second-order valence-electron chi connectivity index (χ2n) is 5.63. The van der Waals surface area contributed by atoms with Crippen LogP contribution in [0, 0.1) is 0 Å². The zero-order valence-corrected chi connectivity index (χ0v) is 14.7. The van der Waals surface area contributed by atoms with Gasteiger partial charge in [-0.3, -0.25) is 0 Å². The van der Waals surface area contributed by atoms with Crippen LogP contribution in [0.5, 0.6) is 17.2 Å². The molecule has 25 heavy (non-hydrogen) atoms. The van der Waals surface area contributed by atoms with E-state index in [4.69, 9.17) is 25.8 Å². The molecular formula is C18H19ClN2O4. The van der Waals surface area contributed by atoms with Crippen molar-refractivity contribution in [1.82, 2.24) is 5.32 Å². The second-order valence-corrected chi connectivity index (χ2v) is 6.04. The third-order valence-electron chi connectivity index (χ3n) is 3.92. The van der Waals surface area contributed by atoms with Crippen molar-refractivity contribution in [3.63, 3.8) is 0 Å². The molecule has 1 atom stereocenters. The van der Waals surface area contributed by atoms with Gasteiger partial charge in [0.2, 0.25) is 0 Å². The summed E-state index contributed by atoms with van der Waals surface area (Å²) in [5, 5.41) is 6.09. The Labute approximate surface area is 151 Å². The normalized spacial score (nSPS) is 15.6. The van der Waals surface area contributed by atoms with Gasteiger partial charge >= 0.3 is 6.03 Å². The summed E-state index contributed by atoms with van der Waals surface area (Å²) in [4.78, 5) is 12.2. The molecule has 0 fully saturated rings. The number of carbonyl (C=O) groups is 1. The molecule has 2 aromatic rings. The highest BCUT2D eigenvalue weighted by molar-refractivity contribution is 6.32. The molecule has 0 saturated heterocycles. The van der Waals surface area contributed by atoms with E-state index < -0.39 is 0 Å². The van der Waals surface area contributed by atoms with Crippen molar-refractivity contribution in [1.29, 1.82) is 0 Å². The number of halogens is 1. The van der Waals surface area contributed by atoms with Crippen LogP contribution in [0.4, 0.5) is 10.5 Å². The summed E-state index contributed by atoms with van der Waals surface area (Å²) in [5.41, 5.74) is 1.59. The quantitative estimate of drug-likeness (QED) is 0.873. The van der Waals surface area contributed by atoms with E-state index in [1.807, 2.05) is 18.2 Å². The van der Waals surface area contributed by atoms with E-state index in [2.05, 4.69) is 10.6 Å².